The van der Waals surface area contributed by atoms with Crippen LogP contribution in [0.1, 0.15) is 17.8 Å². The molecule has 2 aromatic rings. The number of aromatic nitrogens is 2. The molecule has 0 amide bonds. The summed E-state index contributed by atoms with van der Waals surface area (Å²) in [5.41, 5.74) is -2.72. The Labute approximate surface area is 167 Å². The molecule has 1 N–H and O–H groups in total. The van der Waals surface area contributed by atoms with Crippen LogP contribution in [0.3, 0.4) is 0 Å². The van der Waals surface area contributed by atoms with Crippen LogP contribution >= 0.6 is 0 Å². The molecule has 0 unspecified atom stereocenters. The van der Waals surface area contributed by atoms with Crippen molar-refractivity contribution in [3.05, 3.63) is 83.4 Å². The summed E-state index contributed by atoms with van der Waals surface area (Å²) >= 11 is 0. The second-order valence-electron chi connectivity index (χ2n) is 5.47. The van der Waals surface area contributed by atoms with E-state index >= 15 is 0 Å². The van der Waals surface area contributed by atoms with Crippen molar-refractivity contribution in [2.75, 3.05) is 0 Å². The quantitative estimate of drug-likeness (QED) is 0.287. The van der Waals surface area contributed by atoms with Crippen LogP contribution in [-0.2, 0) is 36.0 Å². The molecule has 1 aromatic carbocycles. The molecular formula is C18H15F6FeN2O-. The van der Waals surface area contributed by atoms with Crippen LogP contribution < -0.4 is 0 Å². The number of hydrogen-bond acceptors (Lipinski definition) is 2. The molecule has 28 heavy (non-hydrogen) atoms. The first kappa shape index (κ1) is 23.7. The molecular weight excluding hydrogens is 430 g/mol. The summed E-state index contributed by atoms with van der Waals surface area (Å²) in [6.45, 7) is -0.526. The molecule has 10 heteroatoms. The van der Waals surface area contributed by atoms with Crippen molar-refractivity contribution >= 4 is 0 Å². The van der Waals surface area contributed by atoms with Gasteiger partial charge in [0.15, 0.2) is 5.69 Å². The van der Waals surface area contributed by atoms with E-state index in [1.165, 1.54) is 12.2 Å². The minimum atomic E-state index is -4.97. The summed E-state index contributed by atoms with van der Waals surface area (Å²) in [5.74, 6) is -0.220. The molecule has 1 aliphatic rings. The summed E-state index contributed by atoms with van der Waals surface area (Å²) < 4.78 is 75.9. The van der Waals surface area contributed by atoms with Gasteiger partial charge in [-0.3, -0.25) is 4.68 Å². The summed E-state index contributed by atoms with van der Waals surface area (Å²) in [6, 6.07) is 9.96. The minimum Gasteiger partial charge on any atom is -0.512 e. The molecule has 0 saturated heterocycles. The van der Waals surface area contributed by atoms with Gasteiger partial charge in [0.1, 0.15) is 11.5 Å². The van der Waals surface area contributed by atoms with Crippen molar-refractivity contribution < 1.29 is 48.5 Å². The summed E-state index contributed by atoms with van der Waals surface area (Å²) in [7, 11) is 0. The van der Waals surface area contributed by atoms with Crippen LogP contribution in [0.4, 0.5) is 26.3 Å². The van der Waals surface area contributed by atoms with Gasteiger partial charge in [-0.15, -0.1) is 0 Å². The second kappa shape index (κ2) is 9.75. The first-order chi connectivity index (χ1) is 12.6. The fraction of sp³-hybridized carbons (Fsp3) is 0.222. The first-order valence-electron chi connectivity index (χ1n) is 7.75. The van der Waals surface area contributed by atoms with Gasteiger partial charge in [-0.25, -0.2) is 12.1 Å². The average Bonchev–Trinajstić information content (AvgIpc) is 3.34. The van der Waals surface area contributed by atoms with E-state index in [1.54, 1.807) is 12.2 Å². The molecule has 3 nitrogen and oxygen atoms in total. The molecule has 0 atom stereocenters. The first-order valence-corrected chi connectivity index (χ1v) is 7.75. The van der Waals surface area contributed by atoms with Gasteiger partial charge in [-0.1, -0.05) is 24.3 Å². The Kier molecular flexibility index (Phi) is 8.26. The van der Waals surface area contributed by atoms with Crippen molar-refractivity contribution in [1.29, 1.82) is 0 Å². The van der Waals surface area contributed by atoms with E-state index in [4.69, 9.17) is 0 Å². The number of aryl methyl sites for hydroxylation is 1. The standard InChI is InChI=1S/C13H10F6N2O.C5H5.Fe/c14-12(15,16)10-7-11(13(17,18)19)21(20-10)6-5-9(22)8-3-1-2-4-8;1-2-4-5-3-1;/h1-4,7,22H,5-6H2;1-5H;/q;-1;. The molecule has 1 aliphatic carbocycles. The van der Waals surface area contributed by atoms with E-state index in [9.17, 15) is 31.4 Å². The van der Waals surface area contributed by atoms with Gasteiger partial charge in [0.25, 0.3) is 0 Å². The van der Waals surface area contributed by atoms with Crippen molar-refractivity contribution in [1.82, 2.24) is 9.78 Å². The molecule has 154 valence electrons. The third-order valence-corrected chi connectivity index (χ3v) is 3.47. The van der Waals surface area contributed by atoms with E-state index in [0.717, 1.165) is 0 Å². The van der Waals surface area contributed by atoms with E-state index in [-0.39, 0.29) is 40.0 Å². The molecule has 0 bridgehead atoms. The number of aliphatic hydroxyl groups excluding tert-OH is 1. The van der Waals surface area contributed by atoms with Crippen LogP contribution in [0.5, 0.6) is 0 Å². The molecule has 1 aromatic heterocycles. The Hall–Kier alpha value is -2.32. The molecule has 0 saturated carbocycles. The van der Waals surface area contributed by atoms with Gasteiger partial charge in [-0.2, -0.15) is 49.6 Å². The number of nitrogens with zero attached hydrogens (tertiary/aromatic N) is 2. The van der Waals surface area contributed by atoms with Gasteiger partial charge in [0.05, 0.1) is 0 Å². The largest absolute Gasteiger partial charge is 0.512 e. The van der Waals surface area contributed by atoms with Gasteiger partial charge in [0.2, 0.25) is 0 Å². The topological polar surface area (TPSA) is 38.0 Å². The normalized spacial score (nSPS) is 13.1. The van der Waals surface area contributed by atoms with Crippen molar-refractivity contribution in [2.24, 2.45) is 0 Å². The minimum absolute atomic E-state index is 0. The van der Waals surface area contributed by atoms with E-state index in [1.807, 2.05) is 30.3 Å². The van der Waals surface area contributed by atoms with Crippen LogP contribution in [0, 0.1) is 0 Å². The van der Waals surface area contributed by atoms with Crippen molar-refractivity contribution in [2.45, 2.75) is 25.3 Å². The van der Waals surface area contributed by atoms with Crippen LogP contribution in [0.2, 0.25) is 0 Å². The van der Waals surface area contributed by atoms with E-state index in [2.05, 4.69) is 5.10 Å². The zero-order valence-electron chi connectivity index (χ0n) is 14.2. The van der Waals surface area contributed by atoms with Crippen molar-refractivity contribution in [3.63, 3.8) is 0 Å². The number of halogens is 6. The predicted molar refractivity (Wildman–Crippen MR) is 86.8 cm³/mol. The molecule has 3 rings (SSSR count). The molecule has 0 fully saturated rings. The maximum atomic E-state index is 12.8. The number of allylic oxidation sites excluding steroid dienone is 6. The van der Waals surface area contributed by atoms with Crippen molar-refractivity contribution in [3.8, 4) is 0 Å². The predicted octanol–water partition coefficient (Wildman–Crippen LogP) is 5.65. The Bertz CT molecular complexity index is 798. The number of rotatable bonds is 3. The Morgan fingerprint density at radius 3 is 2.00 bits per heavy atom. The third kappa shape index (κ3) is 6.69. The summed E-state index contributed by atoms with van der Waals surface area (Å²) in [6.07, 6.45) is -3.92. The molecule has 0 radical (unpaired) electrons. The molecule has 0 spiro atoms. The summed E-state index contributed by atoms with van der Waals surface area (Å²) in [5, 5.41) is 12.7. The van der Waals surface area contributed by atoms with E-state index < -0.39 is 30.3 Å². The van der Waals surface area contributed by atoms with Crippen LogP contribution in [0.15, 0.2) is 72.0 Å². The molecule has 0 aliphatic heterocycles. The Morgan fingerprint density at radius 1 is 1.00 bits per heavy atom. The van der Waals surface area contributed by atoms with Gasteiger partial charge in [0, 0.05) is 41.7 Å². The average molecular weight is 445 g/mol. The second-order valence-corrected chi connectivity index (χ2v) is 5.47. The smallest absolute Gasteiger partial charge is 0.435 e. The van der Waals surface area contributed by atoms with Gasteiger partial charge >= 0.3 is 12.4 Å². The zero-order valence-corrected chi connectivity index (χ0v) is 15.3. The third-order valence-electron chi connectivity index (χ3n) is 3.47. The molecule has 1 heterocycles. The maximum absolute atomic E-state index is 12.8. The summed E-state index contributed by atoms with van der Waals surface area (Å²) in [4.78, 5) is 0. The van der Waals surface area contributed by atoms with Gasteiger partial charge in [-0.05, 0) is 0 Å². The van der Waals surface area contributed by atoms with Gasteiger partial charge < -0.3 is 5.11 Å². The van der Waals surface area contributed by atoms with Crippen LogP contribution in [-0.4, -0.2) is 14.9 Å². The van der Waals surface area contributed by atoms with E-state index in [0.29, 0.717) is 5.57 Å². The zero-order chi connectivity index (χ0) is 20.1. The van der Waals surface area contributed by atoms with Crippen LogP contribution in [0.25, 0.3) is 0 Å². The number of hydrogen-bond donors (Lipinski definition) is 1. The fourth-order valence-corrected chi connectivity index (χ4v) is 2.20. The SMILES string of the molecule is OC(CCn1nc(C(F)(F)F)cc1C(F)(F)F)=C1C=CC=C1.[Fe].c1cc[cH-]c1. The maximum Gasteiger partial charge on any atom is 0.435 e. The number of alkyl halides is 6. The Balaban J connectivity index is 0.000000567. The number of aliphatic hydroxyl groups is 1. The fourth-order valence-electron chi connectivity index (χ4n) is 2.20. The Morgan fingerprint density at radius 2 is 1.57 bits per heavy atom. The monoisotopic (exact) mass is 445 g/mol.